The van der Waals surface area contributed by atoms with Gasteiger partial charge in [-0.05, 0) is 61.6 Å². The van der Waals surface area contributed by atoms with Gasteiger partial charge in [-0.25, -0.2) is 9.18 Å². The van der Waals surface area contributed by atoms with Crippen LogP contribution < -0.4 is 10.2 Å². The molecule has 2 aliphatic heterocycles. The van der Waals surface area contributed by atoms with Gasteiger partial charge in [0.2, 0.25) is 0 Å². The van der Waals surface area contributed by atoms with Crippen molar-refractivity contribution >= 4 is 17.7 Å². The van der Waals surface area contributed by atoms with Gasteiger partial charge in [-0.1, -0.05) is 0 Å². The number of nitrogens with one attached hydrogen (secondary N) is 1. The number of pyridine rings is 1. The topological polar surface area (TPSA) is 80.8 Å². The van der Waals surface area contributed by atoms with Gasteiger partial charge in [0.1, 0.15) is 11.9 Å². The summed E-state index contributed by atoms with van der Waals surface area (Å²) in [4.78, 5) is 32.4. The third-order valence-corrected chi connectivity index (χ3v) is 7.24. The summed E-state index contributed by atoms with van der Waals surface area (Å²) in [7, 11) is 0. The van der Waals surface area contributed by atoms with Gasteiger partial charge in [0.15, 0.2) is 0 Å². The van der Waals surface area contributed by atoms with E-state index in [0.717, 1.165) is 49.2 Å². The molecule has 1 aromatic heterocycles. The molecule has 0 spiro atoms. The van der Waals surface area contributed by atoms with Crippen LogP contribution >= 0.6 is 0 Å². The van der Waals surface area contributed by atoms with E-state index < -0.39 is 5.54 Å². The zero-order valence-corrected chi connectivity index (χ0v) is 18.3. The van der Waals surface area contributed by atoms with E-state index in [4.69, 9.17) is 14.5 Å². The Kier molecular flexibility index (Phi) is 4.87. The quantitative estimate of drug-likeness (QED) is 0.763. The lowest BCUT2D eigenvalue weighted by Gasteiger charge is -2.31. The minimum atomic E-state index is -0.504. The van der Waals surface area contributed by atoms with E-state index in [9.17, 15) is 14.0 Å². The fraction of sp³-hybridized carbons (Fsp3) is 0.480. The standard InChI is InChI=1S/C25H26FN3O4/c26-17-3-1-15(2-4-17)23(30)28-25(9-10-25)21-6-5-20-22(27-21)19-13-16(19)14-29(20)24(31)33-18-7-11-32-12-8-18/h1-6,16,18-19H,7-14H2,(H,28,30)/t16-,19-/m0/s1. The van der Waals surface area contributed by atoms with Gasteiger partial charge in [-0.15, -0.1) is 0 Å². The van der Waals surface area contributed by atoms with Crippen LogP contribution in [0.15, 0.2) is 36.4 Å². The molecule has 2 atom stereocenters. The van der Waals surface area contributed by atoms with Gasteiger partial charge in [-0.3, -0.25) is 14.7 Å². The van der Waals surface area contributed by atoms with E-state index in [1.54, 1.807) is 4.90 Å². The monoisotopic (exact) mass is 451 g/mol. The highest BCUT2D eigenvalue weighted by molar-refractivity contribution is 5.95. The highest BCUT2D eigenvalue weighted by Gasteiger charge is 2.51. The molecule has 0 bridgehead atoms. The first kappa shape index (κ1) is 20.6. The predicted molar refractivity (Wildman–Crippen MR) is 118 cm³/mol. The Hall–Kier alpha value is -3.00. The van der Waals surface area contributed by atoms with E-state index >= 15 is 0 Å². The van der Waals surface area contributed by atoms with Crippen molar-refractivity contribution in [3.05, 3.63) is 59.2 Å². The molecule has 3 heterocycles. The number of rotatable bonds is 4. The molecule has 33 heavy (non-hydrogen) atoms. The Bertz CT molecular complexity index is 1100. The van der Waals surface area contributed by atoms with Crippen LogP contribution in [0.1, 0.15) is 59.8 Å². The Labute approximate surface area is 191 Å². The molecule has 8 heteroatoms. The molecule has 3 fully saturated rings. The maximum Gasteiger partial charge on any atom is 0.414 e. The molecule has 2 amide bonds. The third-order valence-electron chi connectivity index (χ3n) is 7.24. The van der Waals surface area contributed by atoms with Crippen molar-refractivity contribution in [2.45, 2.75) is 49.7 Å². The van der Waals surface area contributed by atoms with Crippen molar-refractivity contribution in [1.29, 1.82) is 0 Å². The zero-order valence-electron chi connectivity index (χ0n) is 18.3. The molecule has 2 saturated carbocycles. The summed E-state index contributed by atoms with van der Waals surface area (Å²) in [6.07, 6.45) is 3.66. The number of benzene rings is 1. The van der Waals surface area contributed by atoms with E-state index in [1.165, 1.54) is 24.3 Å². The Balaban J connectivity index is 1.22. The van der Waals surface area contributed by atoms with Gasteiger partial charge in [0.25, 0.3) is 5.91 Å². The van der Waals surface area contributed by atoms with Gasteiger partial charge in [0.05, 0.1) is 35.8 Å². The van der Waals surface area contributed by atoms with Crippen molar-refractivity contribution in [2.75, 3.05) is 24.7 Å². The van der Waals surface area contributed by atoms with Crippen LogP contribution in [0, 0.1) is 11.7 Å². The second-order valence-corrected chi connectivity index (χ2v) is 9.55. The molecule has 0 radical (unpaired) electrons. The number of halogens is 1. The molecule has 172 valence electrons. The number of ether oxygens (including phenoxy) is 2. The molecule has 4 aliphatic rings. The van der Waals surface area contributed by atoms with E-state index in [0.29, 0.717) is 37.2 Å². The first-order valence-electron chi connectivity index (χ1n) is 11.7. The highest BCUT2D eigenvalue weighted by Crippen LogP contribution is 2.55. The van der Waals surface area contributed by atoms with Gasteiger partial charge >= 0.3 is 6.09 Å². The average molecular weight is 451 g/mol. The van der Waals surface area contributed by atoms with Crippen molar-refractivity contribution < 1.29 is 23.5 Å². The first-order chi connectivity index (χ1) is 16.0. The minimum Gasteiger partial charge on any atom is -0.446 e. The number of amides is 2. The first-order valence-corrected chi connectivity index (χ1v) is 11.7. The smallest absolute Gasteiger partial charge is 0.414 e. The summed E-state index contributed by atoms with van der Waals surface area (Å²) in [5.41, 5.74) is 2.48. The van der Waals surface area contributed by atoms with Crippen LogP contribution in [0.3, 0.4) is 0 Å². The molecule has 2 aliphatic carbocycles. The molecule has 0 unspecified atom stereocenters. The molecular weight excluding hydrogens is 425 g/mol. The Morgan fingerprint density at radius 3 is 2.61 bits per heavy atom. The summed E-state index contributed by atoms with van der Waals surface area (Å²) < 4.78 is 24.3. The zero-order chi connectivity index (χ0) is 22.6. The molecule has 1 N–H and O–H groups in total. The molecule has 7 nitrogen and oxygen atoms in total. The SMILES string of the molecule is O=C(NC1(c2ccc3c(n2)[C@H]2C[C@H]2CN3C(=O)OC2CCOCC2)CC1)c1ccc(F)cc1. The van der Waals surface area contributed by atoms with Gasteiger partial charge < -0.3 is 14.8 Å². The number of hydrogen-bond acceptors (Lipinski definition) is 5. The lowest BCUT2D eigenvalue weighted by molar-refractivity contribution is 0.00366. The van der Waals surface area contributed by atoms with E-state index in [-0.39, 0.29) is 23.9 Å². The number of hydrogen-bond donors (Lipinski definition) is 1. The Morgan fingerprint density at radius 1 is 1.12 bits per heavy atom. The van der Waals surface area contributed by atoms with Crippen molar-refractivity contribution in [3.63, 3.8) is 0 Å². The summed E-state index contributed by atoms with van der Waals surface area (Å²) in [6.45, 7) is 1.90. The highest BCUT2D eigenvalue weighted by atomic mass is 19.1. The van der Waals surface area contributed by atoms with Crippen molar-refractivity contribution in [2.24, 2.45) is 5.92 Å². The predicted octanol–water partition coefficient (Wildman–Crippen LogP) is 3.88. The van der Waals surface area contributed by atoms with Crippen LogP contribution in [-0.4, -0.2) is 42.8 Å². The van der Waals surface area contributed by atoms with Crippen molar-refractivity contribution in [1.82, 2.24) is 10.3 Å². The molecule has 2 aromatic rings. The number of fused-ring (bicyclic) bond motifs is 3. The second-order valence-electron chi connectivity index (χ2n) is 9.55. The van der Waals surface area contributed by atoms with Gasteiger partial charge in [0, 0.05) is 30.9 Å². The van der Waals surface area contributed by atoms with Crippen LogP contribution in [0.25, 0.3) is 0 Å². The largest absolute Gasteiger partial charge is 0.446 e. The molecule has 1 aromatic carbocycles. The number of nitrogens with zero attached hydrogens (tertiary/aromatic N) is 2. The van der Waals surface area contributed by atoms with Crippen LogP contribution in [0.4, 0.5) is 14.9 Å². The summed E-state index contributed by atoms with van der Waals surface area (Å²) in [5.74, 6) is 0.156. The number of carbonyl (C=O) groups excluding carboxylic acids is 2. The van der Waals surface area contributed by atoms with Crippen LogP contribution in [0.5, 0.6) is 0 Å². The molecular formula is C25H26FN3O4. The number of aromatic nitrogens is 1. The number of anilines is 1. The minimum absolute atomic E-state index is 0.102. The lowest BCUT2D eigenvalue weighted by atomic mass is 10.0. The van der Waals surface area contributed by atoms with E-state index in [1.807, 2.05) is 12.1 Å². The maximum atomic E-state index is 13.2. The van der Waals surface area contributed by atoms with Crippen LogP contribution in [-0.2, 0) is 15.0 Å². The normalized spacial score (nSPS) is 24.9. The second kappa shape index (κ2) is 7.80. The van der Waals surface area contributed by atoms with Crippen LogP contribution in [0.2, 0.25) is 0 Å². The maximum absolute atomic E-state index is 13.2. The number of carbonyl (C=O) groups is 2. The van der Waals surface area contributed by atoms with Gasteiger partial charge in [-0.2, -0.15) is 0 Å². The average Bonchev–Trinajstić information content (AvgIpc) is 3.75. The van der Waals surface area contributed by atoms with Crippen molar-refractivity contribution in [3.8, 4) is 0 Å². The summed E-state index contributed by atoms with van der Waals surface area (Å²) in [6, 6.07) is 9.39. The molecule has 1 saturated heterocycles. The van der Waals surface area contributed by atoms with E-state index in [2.05, 4.69) is 5.32 Å². The summed E-state index contributed by atoms with van der Waals surface area (Å²) in [5, 5.41) is 3.10. The third kappa shape index (κ3) is 3.86. The summed E-state index contributed by atoms with van der Waals surface area (Å²) >= 11 is 0. The fourth-order valence-electron chi connectivity index (χ4n) is 4.99. The molecule has 6 rings (SSSR count). The fourth-order valence-corrected chi connectivity index (χ4v) is 4.99. The Morgan fingerprint density at radius 2 is 1.88 bits per heavy atom. The lowest BCUT2D eigenvalue weighted by Crippen LogP contribution is -2.40.